The van der Waals surface area contributed by atoms with Crippen LogP contribution in [0.4, 0.5) is 5.13 Å². The summed E-state index contributed by atoms with van der Waals surface area (Å²) in [4.78, 5) is 46.7. The van der Waals surface area contributed by atoms with Gasteiger partial charge in [-0.25, -0.2) is 9.78 Å². The summed E-state index contributed by atoms with van der Waals surface area (Å²) in [7, 11) is 2.73. The first-order chi connectivity index (χ1) is 13.4. The summed E-state index contributed by atoms with van der Waals surface area (Å²) in [6.07, 6.45) is 0. The van der Waals surface area contributed by atoms with Gasteiger partial charge in [0.05, 0.1) is 6.61 Å². The zero-order valence-electron chi connectivity index (χ0n) is 14.9. The van der Waals surface area contributed by atoms with E-state index in [1.807, 2.05) is 0 Å². The number of hydrogen-bond donors (Lipinski definition) is 3. The molecular weight excluding hydrogens is 433 g/mol. The van der Waals surface area contributed by atoms with Crippen LogP contribution in [0.3, 0.4) is 0 Å². The third-order valence-corrected chi connectivity index (χ3v) is 6.03. The maximum absolute atomic E-state index is 12.6. The number of carbonyl (C=O) groups is 3. The topological polar surface area (TPSA) is 156 Å². The Labute approximate surface area is 196 Å². The molecule has 2 aliphatic rings. The molecule has 2 amide bonds. The molecule has 1 aromatic heterocycles. The molecule has 3 heterocycles. The molecule has 14 heteroatoms. The Hall–Kier alpha value is -1.64. The van der Waals surface area contributed by atoms with Crippen LogP contribution in [0.2, 0.25) is 0 Å². The van der Waals surface area contributed by atoms with Gasteiger partial charge in [0.1, 0.15) is 29.9 Å². The molecule has 1 aromatic rings. The van der Waals surface area contributed by atoms with E-state index in [0.717, 1.165) is 11.3 Å². The number of carbonyl (C=O) groups excluding carboxylic acids is 2. The van der Waals surface area contributed by atoms with Crippen LogP contribution in [0.25, 0.3) is 0 Å². The number of thioether (sulfide) groups is 1. The average molecular weight is 451 g/mol. The fourth-order valence-corrected chi connectivity index (χ4v) is 4.75. The summed E-state index contributed by atoms with van der Waals surface area (Å²) in [6, 6.07) is -0.894. The van der Waals surface area contributed by atoms with Gasteiger partial charge in [0.25, 0.3) is 11.8 Å². The van der Waals surface area contributed by atoms with Crippen molar-refractivity contribution in [3.05, 3.63) is 22.3 Å². The van der Waals surface area contributed by atoms with Crippen LogP contribution in [0.15, 0.2) is 21.8 Å². The van der Waals surface area contributed by atoms with Crippen LogP contribution in [0.5, 0.6) is 0 Å². The maximum atomic E-state index is 12.6. The molecule has 0 radical (unpaired) electrons. The molecule has 1 saturated heterocycles. The van der Waals surface area contributed by atoms with Gasteiger partial charge in [-0.3, -0.25) is 14.5 Å². The number of thiazole rings is 1. The van der Waals surface area contributed by atoms with Crippen molar-refractivity contribution in [1.29, 1.82) is 0 Å². The number of rotatable bonds is 7. The van der Waals surface area contributed by atoms with Gasteiger partial charge in [0.15, 0.2) is 10.8 Å². The molecular formula is C15H18N5NaO6S2. The Balaban J connectivity index is 0.00000300. The quantitative estimate of drug-likeness (QED) is 0.201. The van der Waals surface area contributed by atoms with Crippen molar-refractivity contribution >= 4 is 81.3 Å². The number of anilines is 1. The molecule has 3 rings (SSSR count). The van der Waals surface area contributed by atoms with Crippen LogP contribution in [-0.4, -0.2) is 106 Å². The predicted molar refractivity (Wildman–Crippen MR) is 109 cm³/mol. The molecule has 29 heavy (non-hydrogen) atoms. The molecule has 2 aliphatic heterocycles. The summed E-state index contributed by atoms with van der Waals surface area (Å²) in [5.74, 6) is -2.03. The van der Waals surface area contributed by atoms with Crippen LogP contribution in [-0.2, 0) is 24.0 Å². The first kappa shape index (κ1) is 23.6. The van der Waals surface area contributed by atoms with Crippen molar-refractivity contribution in [3.63, 3.8) is 0 Å². The number of carboxylic acid groups (broad SMARTS) is 1. The summed E-state index contributed by atoms with van der Waals surface area (Å²) < 4.78 is 5.02. The van der Waals surface area contributed by atoms with Gasteiger partial charge in [-0.2, -0.15) is 0 Å². The van der Waals surface area contributed by atoms with E-state index < -0.39 is 29.2 Å². The number of aromatic nitrogens is 1. The van der Waals surface area contributed by atoms with Crippen molar-refractivity contribution in [2.45, 2.75) is 11.4 Å². The minimum absolute atomic E-state index is 0. The van der Waals surface area contributed by atoms with Crippen LogP contribution < -0.4 is 11.1 Å². The van der Waals surface area contributed by atoms with Crippen molar-refractivity contribution < 1.29 is 29.1 Å². The Morgan fingerprint density at radius 1 is 1.48 bits per heavy atom. The zero-order chi connectivity index (χ0) is 20.4. The van der Waals surface area contributed by atoms with Gasteiger partial charge >= 0.3 is 35.5 Å². The Bertz CT molecular complexity index is 888. The number of methoxy groups -OCH3 is 1. The normalized spacial score (nSPS) is 21.1. The Morgan fingerprint density at radius 2 is 2.21 bits per heavy atom. The van der Waals surface area contributed by atoms with Gasteiger partial charge in [0.2, 0.25) is 0 Å². The first-order valence-corrected chi connectivity index (χ1v) is 9.84. The molecule has 0 aromatic carbocycles. The monoisotopic (exact) mass is 451 g/mol. The number of amides is 2. The molecule has 0 spiro atoms. The zero-order valence-corrected chi connectivity index (χ0v) is 16.5. The van der Waals surface area contributed by atoms with E-state index in [4.69, 9.17) is 15.3 Å². The second kappa shape index (κ2) is 9.91. The molecule has 0 saturated carbocycles. The van der Waals surface area contributed by atoms with E-state index in [9.17, 15) is 19.5 Å². The molecule has 0 bridgehead atoms. The van der Waals surface area contributed by atoms with Crippen molar-refractivity contribution in [3.8, 4) is 0 Å². The summed E-state index contributed by atoms with van der Waals surface area (Å²) >= 11 is 2.47. The summed E-state index contributed by atoms with van der Waals surface area (Å²) in [5, 5.41) is 17.0. The molecule has 152 valence electrons. The summed E-state index contributed by atoms with van der Waals surface area (Å²) in [5.41, 5.74) is 6.09. The SMILES string of the molecule is COCC1=C(C(=O)O)N2C(=O)[C@@H](NC(=O)/C(=N\OC)c3csc(N)n3)[C@H]2SC1.[NaH]. The third-order valence-electron chi connectivity index (χ3n) is 4.02. The number of nitrogens with two attached hydrogens (primary N) is 1. The Kier molecular flexibility index (Phi) is 8.08. The predicted octanol–water partition coefficient (Wildman–Crippen LogP) is -1.19. The number of nitrogens with one attached hydrogen (secondary N) is 1. The number of oxime groups is 1. The Morgan fingerprint density at radius 3 is 2.76 bits per heavy atom. The van der Waals surface area contributed by atoms with Crippen molar-refractivity contribution in [1.82, 2.24) is 15.2 Å². The van der Waals surface area contributed by atoms with Gasteiger partial charge in [-0.15, -0.1) is 23.1 Å². The third kappa shape index (κ3) is 4.59. The van der Waals surface area contributed by atoms with Crippen LogP contribution >= 0.6 is 23.1 Å². The van der Waals surface area contributed by atoms with E-state index in [1.165, 1.54) is 30.9 Å². The van der Waals surface area contributed by atoms with Crippen LogP contribution in [0, 0.1) is 0 Å². The number of carboxylic acids is 1. The van der Waals surface area contributed by atoms with E-state index >= 15 is 0 Å². The molecule has 2 atom stereocenters. The number of hydrogen-bond acceptors (Lipinski definition) is 10. The van der Waals surface area contributed by atoms with Crippen molar-refractivity contribution in [2.24, 2.45) is 5.16 Å². The number of ether oxygens (including phenoxy) is 1. The second-order valence-electron chi connectivity index (χ2n) is 5.74. The van der Waals surface area contributed by atoms with E-state index in [2.05, 4.69) is 15.5 Å². The van der Waals surface area contributed by atoms with Gasteiger partial charge < -0.3 is 25.7 Å². The number of fused-ring (bicyclic) bond motifs is 1. The van der Waals surface area contributed by atoms with E-state index in [0.29, 0.717) is 11.3 Å². The van der Waals surface area contributed by atoms with Gasteiger partial charge in [-0.05, 0) is 5.57 Å². The number of aliphatic carboxylic acids is 1. The fraction of sp³-hybridized carbons (Fsp3) is 0.400. The van der Waals surface area contributed by atoms with Crippen LogP contribution in [0.1, 0.15) is 5.69 Å². The van der Waals surface area contributed by atoms with E-state index in [1.54, 1.807) is 5.38 Å². The molecule has 0 unspecified atom stereocenters. The summed E-state index contributed by atoms with van der Waals surface area (Å²) in [6.45, 7) is 0.109. The fourth-order valence-electron chi connectivity index (χ4n) is 2.87. The number of nitrogen functional groups attached to an aromatic ring is 1. The molecule has 1 fully saturated rings. The number of nitrogens with zero attached hydrogens (tertiary/aromatic N) is 3. The van der Waals surface area contributed by atoms with Crippen molar-refractivity contribution in [2.75, 3.05) is 32.3 Å². The average Bonchev–Trinajstić information content (AvgIpc) is 3.09. The molecule has 0 aliphatic carbocycles. The van der Waals surface area contributed by atoms with Gasteiger partial charge in [-0.1, -0.05) is 5.16 Å². The van der Waals surface area contributed by atoms with E-state index in [-0.39, 0.29) is 58.4 Å². The number of β-lactam (4-membered cyclic amide) rings is 1. The molecule has 11 nitrogen and oxygen atoms in total. The second-order valence-corrected chi connectivity index (χ2v) is 7.74. The first-order valence-electron chi connectivity index (χ1n) is 7.91. The molecule has 4 N–H and O–H groups in total. The van der Waals surface area contributed by atoms with Gasteiger partial charge in [0, 0.05) is 18.2 Å². The standard InChI is InChI=1S/C15H17N5O6S2.Na.H/c1-25-3-6-4-27-13-9(12(22)20(13)10(6)14(23)24)18-11(21)8(19-26-2)7-5-28-15(16)17-7;;/h5,9,13H,3-4H2,1-2H3,(H2,16,17)(H,18,21)(H,23,24);;/b19-8-;;/t9-,13-;;/m1../s1. The minimum atomic E-state index is -1.21.